The normalized spacial score (nSPS) is 9.75. The molecule has 1 heterocycles. The number of carbonyl (C=O) groups excluding carboxylic acids is 1. The van der Waals surface area contributed by atoms with Gasteiger partial charge in [0.15, 0.2) is 0 Å². The average molecular weight is 287 g/mol. The van der Waals surface area contributed by atoms with E-state index >= 15 is 0 Å². The van der Waals surface area contributed by atoms with Crippen molar-refractivity contribution in [3.8, 4) is 11.8 Å². The highest BCUT2D eigenvalue weighted by Crippen LogP contribution is 2.16. The number of hydrogen-bond acceptors (Lipinski definition) is 5. The van der Waals surface area contributed by atoms with Crippen molar-refractivity contribution in [2.24, 2.45) is 0 Å². The van der Waals surface area contributed by atoms with Gasteiger partial charge in [0.2, 0.25) is 5.13 Å². The minimum absolute atomic E-state index is 0.209. The van der Waals surface area contributed by atoms with Crippen molar-refractivity contribution in [3.63, 3.8) is 0 Å². The lowest BCUT2D eigenvalue weighted by atomic mass is 10.1. The van der Waals surface area contributed by atoms with E-state index in [1.165, 1.54) is 11.3 Å². The van der Waals surface area contributed by atoms with Gasteiger partial charge in [0, 0.05) is 11.1 Å². The second-order valence-electron chi connectivity index (χ2n) is 4.13. The molecular formula is C14H13N3O2S. The molecule has 5 nitrogen and oxygen atoms in total. The lowest BCUT2D eigenvalue weighted by molar-refractivity contribution is 0.102. The number of aliphatic hydroxyl groups excluding tert-OH is 1. The molecule has 6 heteroatoms. The van der Waals surface area contributed by atoms with Crippen molar-refractivity contribution in [2.75, 3.05) is 11.9 Å². The van der Waals surface area contributed by atoms with E-state index in [1.807, 2.05) is 19.9 Å². The smallest absolute Gasteiger partial charge is 0.257 e. The van der Waals surface area contributed by atoms with Crippen LogP contribution in [0.2, 0.25) is 0 Å². The summed E-state index contributed by atoms with van der Waals surface area (Å²) in [5, 5.41) is 20.4. The molecule has 1 aromatic heterocycles. The molecule has 2 aromatic rings. The number of nitrogens with one attached hydrogen (secondary N) is 1. The third-order valence-electron chi connectivity index (χ3n) is 2.40. The van der Waals surface area contributed by atoms with Crippen LogP contribution in [0, 0.1) is 25.7 Å². The van der Waals surface area contributed by atoms with Gasteiger partial charge in [0.25, 0.3) is 5.91 Å². The summed E-state index contributed by atoms with van der Waals surface area (Å²) in [5.41, 5.74) is 2.12. The Hall–Kier alpha value is -2.23. The number of anilines is 1. The van der Waals surface area contributed by atoms with E-state index < -0.39 is 0 Å². The molecule has 0 unspecified atom stereocenters. The fourth-order valence-corrected chi connectivity index (χ4v) is 2.23. The lowest BCUT2D eigenvalue weighted by Gasteiger charge is -2.03. The lowest BCUT2D eigenvalue weighted by Crippen LogP contribution is -2.12. The first-order chi connectivity index (χ1) is 9.58. The van der Waals surface area contributed by atoms with Crippen molar-refractivity contribution in [2.45, 2.75) is 13.8 Å². The number of carbonyl (C=O) groups is 1. The van der Waals surface area contributed by atoms with Gasteiger partial charge in [0.05, 0.1) is 0 Å². The Kier molecular flexibility index (Phi) is 4.45. The minimum atomic E-state index is -0.253. The van der Waals surface area contributed by atoms with E-state index in [4.69, 9.17) is 5.11 Å². The Bertz CT molecular complexity index is 698. The molecule has 0 aliphatic heterocycles. The van der Waals surface area contributed by atoms with Crippen molar-refractivity contribution in [1.82, 2.24) is 10.2 Å². The van der Waals surface area contributed by atoms with E-state index in [0.717, 1.165) is 10.6 Å². The second-order valence-corrected chi connectivity index (χ2v) is 5.31. The number of hydrogen-bond donors (Lipinski definition) is 2. The molecule has 102 valence electrons. The molecule has 1 aromatic carbocycles. The molecule has 0 aliphatic rings. The summed E-state index contributed by atoms with van der Waals surface area (Å²) < 4.78 is 0. The van der Waals surface area contributed by atoms with Gasteiger partial charge in [-0.25, -0.2) is 0 Å². The summed E-state index contributed by atoms with van der Waals surface area (Å²) >= 11 is 1.32. The summed E-state index contributed by atoms with van der Waals surface area (Å²) in [6.45, 7) is 3.50. The molecular weight excluding hydrogens is 274 g/mol. The van der Waals surface area contributed by atoms with Crippen LogP contribution in [-0.4, -0.2) is 27.8 Å². The molecule has 1 amide bonds. The highest BCUT2D eigenvalue weighted by molar-refractivity contribution is 7.15. The maximum absolute atomic E-state index is 12.1. The molecule has 0 saturated heterocycles. The Labute approximate surface area is 120 Å². The summed E-state index contributed by atoms with van der Waals surface area (Å²) in [5.74, 6) is 5.10. The van der Waals surface area contributed by atoms with Gasteiger partial charge in [-0.1, -0.05) is 23.2 Å². The van der Waals surface area contributed by atoms with Gasteiger partial charge in [-0.2, -0.15) is 0 Å². The first-order valence-corrected chi connectivity index (χ1v) is 6.73. The van der Waals surface area contributed by atoms with Crippen LogP contribution in [-0.2, 0) is 0 Å². The molecule has 20 heavy (non-hydrogen) atoms. The van der Waals surface area contributed by atoms with Crippen molar-refractivity contribution in [3.05, 3.63) is 39.9 Å². The van der Waals surface area contributed by atoms with Crippen LogP contribution >= 0.6 is 11.3 Å². The van der Waals surface area contributed by atoms with Crippen LogP contribution in [0.4, 0.5) is 5.13 Å². The summed E-state index contributed by atoms with van der Waals surface area (Å²) in [7, 11) is 0. The standard InChI is InChI=1S/C14H13N3O2S/c1-9-6-11(4-3-5-18)8-12(7-9)13(19)15-14-17-16-10(2)20-14/h6-8,18H,5H2,1-2H3,(H,15,17,19). The number of benzene rings is 1. The largest absolute Gasteiger partial charge is 0.384 e. The molecule has 0 radical (unpaired) electrons. The van der Waals surface area contributed by atoms with Crippen LogP contribution in [0.3, 0.4) is 0 Å². The minimum Gasteiger partial charge on any atom is -0.384 e. The van der Waals surface area contributed by atoms with Gasteiger partial charge in [-0.3, -0.25) is 10.1 Å². The average Bonchev–Trinajstić information content (AvgIpc) is 2.81. The molecule has 0 saturated carbocycles. The highest BCUT2D eigenvalue weighted by Gasteiger charge is 2.10. The number of aliphatic hydroxyl groups is 1. The highest BCUT2D eigenvalue weighted by atomic mass is 32.1. The third kappa shape index (κ3) is 3.63. The summed E-state index contributed by atoms with van der Waals surface area (Å²) in [4.78, 5) is 12.1. The van der Waals surface area contributed by atoms with Crippen LogP contribution in [0.1, 0.15) is 26.5 Å². The van der Waals surface area contributed by atoms with Gasteiger partial charge >= 0.3 is 0 Å². The quantitative estimate of drug-likeness (QED) is 0.825. The van der Waals surface area contributed by atoms with Crippen molar-refractivity contribution >= 4 is 22.4 Å². The fraction of sp³-hybridized carbons (Fsp3) is 0.214. The molecule has 2 rings (SSSR count). The summed E-state index contributed by atoms with van der Waals surface area (Å²) in [6.07, 6.45) is 0. The van der Waals surface area contributed by atoms with E-state index in [2.05, 4.69) is 27.4 Å². The Balaban J connectivity index is 2.23. The number of amides is 1. The Morgan fingerprint density at radius 3 is 2.80 bits per heavy atom. The fourth-order valence-electron chi connectivity index (χ4n) is 1.64. The second kappa shape index (κ2) is 6.28. The van der Waals surface area contributed by atoms with Crippen molar-refractivity contribution < 1.29 is 9.90 Å². The number of rotatable bonds is 2. The molecule has 0 fully saturated rings. The molecule has 0 aliphatic carbocycles. The topological polar surface area (TPSA) is 75.1 Å². The summed E-state index contributed by atoms with van der Waals surface area (Å²) in [6, 6.07) is 5.31. The van der Waals surface area contributed by atoms with Gasteiger partial charge in [0.1, 0.15) is 11.6 Å². The monoisotopic (exact) mass is 287 g/mol. The van der Waals surface area contributed by atoms with Gasteiger partial charge in [-0.15, -0.1) is 10.2 Å². The number of aromatic nitrogens is 2. The third-order valence-corrected chi connectivity index (χ3v) is 3.15. The maximum atomic E-state index is 12.1. The zero-order valence-electron chi connectivity index (χ0n) is 11.1. The zero-order chi connectivity index (χ0) is 14.5. The van der Waals surface area contributed by atoms with Crippen LogP contribution in [0.15, 0.2) is 18.2 Å². The van der Waals surface area contributed by atoms with Crippen LogP contribution in [0.25, 0.3) is 0 Å². The molecule has 2 N–H and O–H groups in total. The van der Waals surface area contributed by atoms with Crippen LogP contribution < -0.4 is 5.32 Å². The Morgan fingerprint density at radius 2 is 2.15 bits per heavy atom. The molecule has 0 atom stereocenters. The van der Waals surface area contributed by atoms with E-state index in [0.29, 0.717) is 16.3 Å². The van der Waals surface area contributed by atoms with Gasteiger partial charge < -0.3 is 5.11 Å². The number of nitrogens with zero attached hydrogens (tertiary/aromatic N) is 2. The predicted molar refractivity (Wildman–Crippen MR) is 77.7 cm³/mol. The first kappa shape index (κ1) is 14.2. The first-order valence-electron chi connectivity index (χ1n) is 5.91. The molecule has 0 spiro atoms. The van der Waals surface area contributed by atoms with Crippen LogP contribution in [0.5, 0.6) is 0 Å². The molecule has 0 bridgehead atoms. The van der Waals surface area contributed by atoms with E-state index in [-0.39, 0.29) is 12.5 Å². The predicted octanol–water partition coefficient (Wildman–Crippen LogP) is 1.75. The van der Waals surface area contributed by atoms with Gasteiger partial charge in [-0.05, 0) is 37.6 Å². The van der Waals surface area contributed by atoms with Crippen molar-refractivity contribution in [1.29, 1.82) is 0 Å². The number of aryl methyl sites for hydroxylation is 2. The Morgan fingerprint density at radius 1 is 1.35 bits per heavy atom. The zero-order valence-corrected chi connectivity index (χ0v) is 11.9. The SMILES string of the molecule is Cc1cc(C#CCO)cc(C(=O)Nc2nnc(C)s2)c1. The maximum Gasteiger partial charge on any atom is 0.257 e. The van der Waals surface area contributed by atoms with E-state index in [1.54, 1.807) is 12.1 Å². The van der Waals surface area contributed by atoms with E-state index in [9.17, 15) is 4.79 Å².